The summed E-state index contributed by atoms with van der Waals surface area (Å²) in [5.41, 5.74) is 2.46. The van der Waals surface area contributed by atoms with E-state index >= 15 is 0 Å². The van der Waals surface area contributed by atoms with Crippen molar-refractivity contribution in [2.24, 2.45) is 5.73 Å². The highest BCUT2D eigenvalue weighted by molar-refractivity contribution is 8.00. The number of hydrogen-bond acceptors (Lipinski definition) is 3. The van der Waals surface area contributed by atoms with E-state index in [1.807, 2.05) is 7.05 Å². The van der Waals surface area contributed by atoms with E-state index in [0.717, 1.165) is 18.5 Å². The monoisotopic (exact) mass is 292 g/mol. The lowest BCUT2D eigenvalue weighted by Gasteiger charge is -2.27. The summed E-state index contributed by atoms with van der Waals surface area (Å²) >= 11 is -0.0974. The number of rotatable bonds is 6. The maximum atomic E-state index is 12.2. The lowest BCUT2D eigenvalue weighted by atomic mass is 10.1. The van der Waals surface area contributed by atoms with Crippen molar-refractivity contribution in [3.8, 4) is 0 Å². The van der Waals surface area contributed by atoms with Gasteiger partial charge in [-0.05, 0) is 49.5 Å². The highest BCUT2D eigenvalue weighted by atomic mass is 32.2. The van der Waals surface area contributed by atoms with Gasteiger partial charge in [0.25, 0.3) is 0 Å². The van der Waals surface area contributed by atoms with Crippen LogP contribution in [0.3, 0.4) is 0 Å². The molecule has 0 heterocycles. The van der Waals surface area contributed by atoms with Gasteiger partial charge in [0.1, 0.15) is 0 Å². The van der Waals surface area contributed by atoms with Gasteiger partial charge >= 0.3 is 5.51 Å². The van der Waals surface area contributed by atoms with Gasteiger partial charge in [0.2, 0.25) is 0 Å². The minimum absolute atomic E-state index is 0.0462. The molecule has 1 unspecified atom stereocenters. The Bertz CT molecular complexity index is 378. The fourth-order valence-electron chi connectivity index (χ4n) is 1.97. The maximum absolute atomic E-state index is 12.2. The number of benzene rings is 1. The summed E-state index contributed by atoms with van der Waals surface area (Å²) in [7, 11) is 1.97. The molecule has 108 valence electrons. The van der Waals surface area contributed by atoms with Crippen LogP contribution in [-0.4, -0.2) is 30.5 Å². The van der Waals surface area contributed by atoms with Crippen molar-refractivity contribution in [2.45, 2.75) is 29.8 Å². The molecule has 1 atom stereocenters. The summed E-state index contributed by atoms with van der Waals surface area (Å²) < 4.78 is 36.7. The van der Waals surface area contributed by atoms with Crippen LogP contribution in [0.25, 0.3) is 0 Å². The van der Waals surface area contributed by atoms with Gasteiger partial charge in [-0.1, -0.05) is 19.1 Å². The fourth-order valence-corrected chi connectivity index (χ4v) is 2.51. The Labute approximate surface area is 116 Å². The molecule has 0 aliphatic rings. The Hall–Kier alpha value is -0.720. The molecule has 1 aromatic rings. The van der Waals surface area contributed by atoms with Gasteiger partial charge in [0, 0.05) is 17.5 Å². The molecular weight excluding hydrogens is 273 g/mol. The third-order valence-corrected chi connectivity index (χ3v) is 3.57. The summed E-state index contributed by atoms with van der Waals surface area (Å²) in [5, 5.41) is 0. The summed E-state index contributed by atoms with van der Waals surface area (Å²) in [5.74, 6) is 0. The first kappa shape index (κ1) is 16.3. The van der Waals surface area contributed by atoms with Crippen LogP contribution in [0.15, 0.2) is 29.2 Å². The molecule has 0 amide bonds. The van der Waals surface area contributed by atoms with Crippen molar-refractivity contribution in [3.63, 3.8) is 0 Å². The third-order valence-electron chi connectivity index (χ3n) is 2.83. The molecule has 0 radical (unpaired) electrons. The number of nitrogens with zero attached hydrogens (tertiary/aromatic N) is 1. The highest BCUT2D eigenvalue weighted by Crippen LogP contribution is 2.37. The lowest BCUT2D eigenvalue weighted by Crippen LogP contribution is -2.31. The van der Waals surface area contributed by atoms with Gasteiger partial charge in [0.05, 0.1) is 0 Å². The van der Waals surface area contributed by atoms with Crippen LogP contribution in [0.5, 0.6) is 0 Å². The van der Waals surface area contributed by atoms with Gasteiger partial charge in [-0.15, -0.1) is 0 Å². The van der Waals surface area contributed by atoms with Crippen molar-refractivity contribution < 1.29 is 13.2 Å². The molecular formula is C13H19F3N2S. The average molecular weight is 292 g/mol. The zero-order valence-corrected chi connectivity index (χ0v) is 11.9. The topological polar surface area (TPSA) is 29.3 Å². The third kappa shape index (κ3) is 5.42. The molecule has 0 saturated heterocycles. The summed E-state index contributed by atoms with van der Waals surface area (Å²) in [6.45, 7) is 3.43. The van der Waals surface area contributed by atoms with Crippen molar-refractivity contribution in [1.29, 1.82) is 0 Å². The minimum Gasteiger partial charge on any atom is -0.329 e. The zero-order valence-electron chi connectivity index (χ0n) is 11.1. The van der Waals surface area contributed by atoms with Crippen LogP contribution >= 0.6 is 11.8 Å². The van der Waals surface area contributed by atoms with Crippen molar-refractivity contribution >= 4 is 11.8 Å². The van der Waals surface area contributed by atoms with Gasteiger partial charge in [0.15, 0.2) is 0 Å². The van der Waals surface area contributed by atoms with E-state index in [0.29, 0.717) is 6.54 Å². The normalized spacial score (nSPS) is 13.8. The Morgan fingerprint density at radius 1 is 1.26 bits per heavy atom. The first-order chi connectivity index (χ1) is 8.87. The Balaban J connectivity index is 2.78. The van der Waals surface area contributed by atoms with Gasteiger partial charge in [-0.3, -0.25) is 4.90 Å². The van der Waals surface area contributed by atoms with Gasteiger partial charge < -0.3 is 5.73 Å². The van der Waals surface area contributed by atoms with Crippen LogP contribution in [0.4, 0.5) is 13.2 Å². The molecule has 0 aromatic heterocycles. The van der Waals surface area contributed by atoms with Crippen LogP contribution in [0.2, 0.25) is 0 Å². The van der Waals surface area contributed by atoms with Gasteiger partial charge in [-0.25, -0.2) is 0 Å². The average Bonchev–Trinajstić information content (AvgIpc) is 2.30. The molecule has 0 aliphatic carbocycles. The lowest BCUT2D eigenvalue weighted by molar-refractivity contribution is -0.0328. The highest BCUT2D eigenvalue weighted by Gasteiger charge is 2.29. The van der Waals surface area contributed by atoms with Crippen LogP contribution in [-0.2, 0) is 0 Å². The molecule has 0 fully saturated rings. The quantitative estimate of drug-likeness (QED) is 0.812. The predicted octanol–water partition coefficient (Wildman–Crippen LogP) is 3.64. The standard InChI is InChI=1S/C13H19F3N2S/c1-3-8-18(2)12(9-17)10-4-6-11(7-5-10)19-13(14,15)16/h4-7,12H,3,8-9,17H2,1-2H3. The Kier molecular flexibility index (Phi) is 6.16. The van der Waals surface area contributed by atoms with E-state index in [2.05, 4.69) is 11.8 Å². The second-order valence-electron chi connectivity index (χ2n) is 4.35. The van der Waals surface area contributed by atoms with E-state index in [1.165, 1.54) is 12.1 Å². The van der Waals surface area contributed by atoms with Crippen LogP contribution in [0.1, 0.15) is 24.9 Å². The molecule has 19 heavy (non-hydrogen) atoms. The number of halogens is 3. The number of thioether (sulfide) groups is 1. The van der Waals surface area contributed by atoms with Crippen LogP contribution < -0.4 is 5.73 Å². The molecule has 0 aliphatic heterocycles. The van der Waals surface area contributed by atoms with Crippen molar-refractivity contribution in [2.75, 3.05) is 20.1 Å². The maximum Gasteiger partial charge on any atom is 0.446 e. The molecule has 2 nitrogen and oxygen atoms in total. The summed E-state index contributed by atoms with van der Waals surface area (Å²) in [6.07, 6.45) is 1.01. The Morgan fingerprint density at radius 2 is 1.84 bits per heavy atom. The van der Waals surface area contributed by atoms with Crippen molar-refractivity contribution in [3.05, 3.63) is 29.8 Å². The molecule has 1 rings (SSSR count). The second kappa shape index (κ2) is 7.17. The second-order valence-corrected chi connectivity index (χ2v) is 5.49. The van der Waals surface area contributed by atoms with E-state index in [9.17, 15) is 13.2 Å². The SMILES string of the molecule is CCCN(C)C(CN)c1ccc(SC(F)(F)F)cc1. The molecule has 2 N–H and O–H groups in total. The first-order valence-electron chi connectivity index (χ1n) is 6.13. The molecule has 0 bridgehead atoms. The minimum atomic E-state index is -4.24. The van der Waals surface area contributed by atoms with Gasteiger partial charge in [-0.2, -0.15) is 13.2 Å². The van der Waals surface area contributed by atoms with E-state index in [1.54, 1.807) is 12.1 Å². The van der Waals surface area contributed by atoms with E-state index in [4.69, 9.17) is 5.73 Å². The number of hydrogen-bond donors (Lipinski definition) is 1. The zero-order chi connectivity index (χ0) is 14.5. The molecule has 0 spiro atoms. The van der Waals surface area contributed by atoms with E-state index in [-0.39, 0.29) is 22.7 Å². The molecule has 6 heteroatoms. The summed E-state index contributed by atoms with van der Waals surface area (Å²) in [6, 6.07) is 6.48. The first-order valence-corrected chi connectivity index (χ1v) is 6.95. The van der Waals surface area contributed by atoms with Crippen molar-refractivity contribution in [1.82, 2.24) is 4.90 Å². The number of alkyl halides is 3. The Morgan fingerprint density at radius 3 is 2.26 bits per heavy atom. The number of likely N-dealkylation sites (N-methyl/N-ethyl adjacent to an activating group) is 1. The predicted molar refractivity (Wildman–Crippen MR) is 73.1 cm³/mol. The summed E-state index contributed by atoms with van der Waals surface area (Å²) in [4.78, 5) is 2.32. The van der Waals surface area contributed by atoms with E-state index < -0.39 is 5.51 Å². The fraction of sp³-hybridized carbons (Fsp3) is 0.538. The molecule has 0 saturated carbocycles. The number of nitrogens with two attached hydrogens (primary N) is 1. The largest absolute Gasteiger partial charge is 0.446 e. The molecule has 1 aromatic carbocycles. The smallest absolute Gasteiger partial charge is 0.329 e. The van der Waals surface area contributed by atoms with Crippen LogP contribution in [0, 0.1) is 0 Å².